The van der Waals surface area contributed by atoms with Gasteiger partial charge in [-0.15, -0.1) is 22.7 Å². The molecule has 4 aromatic rings. The molecule has 0 radical (unpaired) electrons. The summed E-state index contributed by atoms with van der Waals surface area (Å²) in [7, 11) is 1.42. The summed E-state index contributed by atoms with van der Waals surface area (Å²) in [5.41, 5.74) is 4.27. The first-order valence-corrected chi connectivity index (χ1v) is 10.6. The third-order valence-corrected chi connectivity index (χ3v) is 6.08. The second kappa shape index (κ2) is 8.14. The van der Waals surface area contributed by atoms with Crippen molar-refractivity contribution >= 4 is 33.7 Å². The van der Waals surface area contributed by atoms with Crippen LogP contribution in [0.3, 0.4) is 0 Å². The summed E-state index contributed by atoms with van der Waals surface area (Å²) in [6.07, 6.45) is 0. The number of carbonyl (C=O) groups excluding carboxylic acids is 1. The zero-order valence-electron chi connectivity index (χ0n) is 15.7. The minimum Gasteiger partial charge on any atom is -0.494 e. The highest BCUT2D eigenvalue weighted by atomic mass is 32.1. The Labute approximate surface area is 175 Å². The number of ether oxygens (including phenoxy) is 1. The van der Waals surface area contributed by atoms with Crippen molar-refractivity contribution in [1.82, 2.24) is 4.98 Å². The fraction of sp³-hybridized carbons (Fsp3) is 0.0909. The van der Waals surface area contributed by atoms with Crippen LogP contribution in [0.2, 0.25) is 0 Å². The van der Waals surface area contributed by atoms with Crippen LogP contribution in [0.15, 0.2) is 59.3 Å². The molecular weight excluding hydrogens is 407 g/mol. The van der Waals surface area contributed by atoms with Crippen LogP contribution in [0.5, 0.6) is 5.75 Å². The van der Waals surface area contributed by atoms with E-state index in [1.807, 2.05) is 42.6 Å². The number of hydrogen-bond acceptors (Lipinski definition) is 5. The molecule has 0 saturated carbocycles. The summed E-state index contributed by atoms with van der Waals surface area (Å²) in [6.45, 7) is 2.03. The number of nitrogens with zero attached hydrogens (tertiary/aromatic N) is 1. The van der Waals surface area contributed by atoms with E-state index in [4.69, 9.17) is 4.74 Å². The topological polar surface area (TPSA) is 51.2 Å². The van der Waals surface area contributed by atoms with E-state index in [2.05, 4.69) is 10.3 Å². The Bertz CT molecular complexity index is 1170. The molecule has 29 heavy (non-hydrogen) atoms. The van der Waals surface area contributed by atoms with Gasteiger partial charge in [0.25, 0.3) is 5.91 Å². The Morgan fingerprint density at radius 1 is 1.07 bits per heavy atom. The van der Waals surface area contributed by atoms with Crippen molar-refractivity contribution < 1.29 is 13.9 Å². The molecule has 4 nitrogen and oxygen atoms in total. The lowest BCUT2D eigenvalue weighted by Crippen LogP contribution is -2.11. The van der Waals surface area contributed by atoms with Crippen molar-refractivity contribution in [2.24, 2.45) is 0 Å². The van der Waals surface area contributed by atoms with Gasteiger partial charge in [0.05, 0.1) is 12.8 Å². The molecule has 0 aliphatic carbocycles. The van der Waals surface area contributed by atoms with E-state index in [-0.39, 0.29) is 11.7 Å². The average Bonchev–Trinajstić information content (AvgIpc) is 3.38. The Morgan fingerprint density at radius 2 is 1.83 bits per heavy atom. The van der Waals surface area contributed by atoms with Crippen molar-refractivity contribution in [3.8, 4) is 28.1 Å². The molecule has 0 atom stereocenters. The second-order valence-corrected chi connectivity index (χ2v) is 8.14. The standard InChI is InChI=1S/C22H17FN2O2S2/c1-13-3-5-14(6-4-13)16-9-10-28-20(16)21(26)25-22-24-18(12-29-22)15-7-8-19(27-2)17(23)11-15/h3-12H,1-2H3,(H,24,25,26). The van der Waals surface area contributed by atoms with Gasteiger partial charge in [0.1, 0.15) is 4.88 Å². The number of nitrogens with one attached hydrogen (secondary N) is 1. The molecule has 0 saturated heterocycles. The maximum absolute atomic E-state index is 14.0. The molecule has 7 heteroatoms. The quantitative estimate of drug-likeness (QED) is 0.412. The number of halogens is 1. The number of methoxy groups -OCH3 is 1. The van der Waals surface area contributed by atoms with Crippen molar-refractivity contribution in [1.29, 1.82) is 0 Å². The van der Waals surface area contributed by atoms with Crippen LogP contribution in [0.1, 0.15) is 15.2 Å². The molecule has 0 aliphatic rings. The van der Waals surface area contributed by atoms with E-state index in [1.54, 1.807) is 17.5 Å². The van der Waals surface area contributed by atoms with Gasteiger partial charge in [-0.3, -0.25) is 10.1 Å². The van der Waals surface area contributed by atoms with E-state index in [1.165, 1.54) is 41.4 Å². The molecular formula is C22H17FN2O2S2. The maximum atomic E-state index is 14.0. The Hall–Kier alpha value is -3.03. The summed E-state index contributed by atoms with van der Waals surface area (Å²) in [6, 6.07) is 14.7. The molecule has 0 aliphatic heterocycles. The monoisotopic (exact) mass is 424 g/mol. The number of hydrogen-bond donors (Lipinski definition) is 1. The number of aromatic nitrogens is 1. The molecule has 0 spiro atoms. The molecule has 4 rings (SSSR count). The van der Waals surface area contributed by atoms with Crippen molar-refractivity contribution in [2.45, 2.75) is 6.92 Å². The van der Waals surface area contributed by atoms with Gasteiger partial charge in [-0.1, -0.05) is 29.8 Å². The highest BCUT2D eigenvalue weighted by Gasteiger charge is 2.17. The number of anilines is 1. The SMILES string of the molecule is COc1ccc(-c2csc(NC(=O)c3sccc3-c3ccc(C)cc3)n2)cc1F. The molecule has 1 amide bonds. The number of aryl methyl sites for hydroxylation is 1. The third kappa shape index (κ3) is 4.06. The zero-order valence-corrected chi connectivity index (χ0v) is 17.4. The van der Waals surface area contributed by atoms with Crippen LogP contribution >= 0.6 is 22.7 Å². The van der Waals surface area contributed by atoms with Gasteiger partial charge in [-0.05, 0) is 42.1 Å². The van der Waals surface area contributed by atoms with Crippen LogP contribution in [-0.4, -0.2) is 18.0 Å². The number of carbonyl (C=O) groups is 1. The fourth-order valence-electron chi connectivity index (χ4n) is 2.89. The molecule has 1 N–H and O–H groups in total. The summed E-state index contributed by atoms with van der Waals surface area (Å²) < 4.78 is 18.9. The molecule has 0 bridgehead atoms. The van der Waals surface area contributed by atoms with Gasteiger partial charge < -0.3 is 4.74 Å². The minimum atomic E-state index is -0.454. The highest BCUT2D eigenvalue weighted by Crippen LogP contribution is 2.31. The first-order chi connectivity index (χ1) is 14.0. The Kier molecular flexibility index (Phi) is 5.42. The zero-order chi connectivity index (χ0) is 20.4. The summed E-state index contributed by atoms with van der Waals surface area (Å²) in [4.78, 5) is 17.9. The number of thiophene rings is 1. The molecule has 2 heterocycles. The van der Waals surface area contributed by atoms with Crippen LogP contribution in [0.4, 0.5) is 9.52 Å². The lowest BCUT2D eigenvalue weighted by Gasteiger charge is -2.05. The highest BCUT2D eigenvalue weighted by molar-refractivity contribution is 7.15. The van der Waals surface area contributed by atoms with Gasteiger partial charge in [0.15, 0.2) is 16.7 Å². The van der Waals surface area contributed by atoms with Gasteiger partial charge in [-0.25, -0.2) is 9.37 Å². The molecule has 0 unspecified atom stereocenters. The molecule has 2 aromatic heterocycles. The summed E-state index contributed by atoms with van der Waals surface area (Å²) in [5.74, 6) is -0.485. The lowest BCUT2D eigenvalue weighted by molar-refractivity contribution is 0.103. The average molecular weight is 425 g/mol. The van der Waals surface area contributed by atoms with Gasteiger partial charge in [0, 0.05) is 16.5 Å². The number of thiazole rings is 1. The van der Waals surface area contributed by atoms with Gasteiger partial charge in [-0.2, -0.15) is 0 Å². The molecule has 0 fully saturated rings. The number of amides is 1. The molecule has 146 valence electrons. The van der Waals surface area contributed by atoms with Crippen molar-refractivity contribution in [3.05, 3.63) is 75.5 Å². The lowest BCUT2D eigenvalue weighted by atomic mass is 10.0. The van der Waals surface area contributed by atoms with Crippen LogP contribution in [-0.2, 0) is 0 Å². The smallest absolute Gasteiger partial charge is 0.268 e. The van der Waals surface area contributed by atoms with E-state index in [9.17, 15) is 9.18 Å². The summed E-state index contributed by atoms with van der Waals surface area (Å²) in [5, 5.41) is 7.00. The normalized spacial score (nSPS) is 10.7. The van der Waals surface area contributed by atoms with Crippen LogP contribution in [0, 0.1) is 12.7 Å². The van der Waals surface area contributed by atoms with Crippen molar-refractivity contribution in [3.63, 3.8) is 0 Å². The number of rotatable bonds is 5. The second-order valence-electron chi connectivity index (χ2n) is 6.37. The Morgan fingerprint density at radius 3 is 2.55 bits per heavy atom. The van der Waals surface area contributed by atoms with E-state index < -0.39 is 5.82 Å². The maximum Gasteiger partial charge on any atom is 0.268 e. The van der Waals surface area contributed by atoms with Crippen molar-refractivity contribution in [2.75, 3.05) is 12.4 Å². The predicted octanol–water partition coefficient (Wildman–Crippen LogP) is 6.25. The first-order valence-electron chi connectivity index (χ1n) is 8.80. The molecule has 2 aromatic carbocycles. The van der Waals surface area contributed by atoms with E-state index >= 15 is 0 Å². The first kappa shape index (κ1) is 19.3. The van der Waals surface area contributed by atoms with E-state index in [0.717, 1.165) is 11.1 Å². The summed E-state index contributed by atoms with van der Waals surface area (Å²) >= 11 is 2.68. The largest absolute Gasteiger partial charge is 0.494 e. The van der Waals surface area contributed by atoms with Gasteiger partial charge >= 0.3 is 0 Å². The predicted molar refractivity (Wildman–Crippen MR) is 117 cm³/mol. The van der Waals surface area contributed by atoms with Crippen LogP contribution in [0.25, 0.3) is 22.4 Å². The number of benzene rings is 2. The third-order valence-electron chi connectivity index (χ3n) is 4.41. The van der Waals surface area contributed by atoms with E-state index in [0.29, 0.717) is 21.3 Å². The minimum absolute atomic E-state index is 0.179. The van der Waals surface area contributed by atoms with Crippen LogP contribution < -0.4 is 10.1 Å². The van der Waals surface area contributed by atoms with Gasteiger partial charge in [0.2, 0.25) is 0 Å². The Balaban J connectivity index is 1.54. The fourth-order valence-corrected chi connectivity index (χ4v) is 4.41.